The number of carbonyl (C=O) groups excluding carboxylic acids is 1. The van der Waals surface area contributed by atoms with Crippen LogP contribution in [0.15, 0.2) is 18.7 Å². The zero-order valence-corrected chi connectivity index (χ0v) is 9.37. The molecule has 0 aliphatic carbocycles. The number of ether oxygens (including phenoxy) is 1. The van der Waals surface area contributed by atoms with Crippen molar-refractivity contribution in [3.05, 3.63) is 24.3 Å². The van der Waals surface area contributed by atoms with Gasteiger partial charge in [-0.2, -0.15) is 0 Å². The molecule has 0 radical (unpaired) electrons. The number of rotatable bonds is 6. The van der Waals surface area contributed by atoms with Crippen LogP contribution < -0.4 is 0 Å². The monoisotopic (exact) mass is 239 g/mol. The van der Waals surface area contributed by atoms with E-state index in [1.165, 1.54) is 30.7 Å². The van der Waals surface area contributed by atoms with E-state index < -0.39 is 11.9 Å². The average Bonchev–Trinajstić information content (AvgIpc) is 2.34. The van der Waals surface area contributed by atoms with Crippen molar-refractivity contribution in [3.63, 3.8) is 0 Å². The second kappa shape index (κ2) is 6.54. The Hall–Kier alpha value is -2.02. The SMILES string of the molecule is COCCN(CC(=O)O)C(=O)c1cncnc1. The van der Waals surface area contributed by atoms with E-state index in [2.05, 4.69) is 9.97 Å². The van der Waals surface area contributed by atoms with Crippen molar-refractivity contribution in [3.8, 4) is 0 Å². The highest BCUT2D eigenvalue weighted by Gasteiger charge is 2.18. The number of hydrogen-bond acceptors (Lipinski definition) is 5. The van der Waals surface area contributed by atoms with Crippen LogP contribution in [0.1, 0.15) is 10.4 Å². The third-order valence-electron chi connectivity index (χ3n) is 1.99. The summed E-state index contributed by atoms with van der Waals surface area (Å²) < 4.78 is 4.82. The second-order valence-electron chi connectivity index (χ2n) is 3.24. The maximum Gasteiger partial charge on any atom is 0.323 e. The van der Waals surface area contributed by atoms with Gasteiger partial charge in [0, 0.05) is 26.0 Å². The number of aliphatic carboxylic acids is 1. The Labute approximate surface area is 98.1 Å². The van der Waals surface area contributed by atoms with Crippen LogP contribution in [-0.2, 0) is 9.53 Å². The Morgan fingerprint density at radius 2 is 2.06 bits per heavy atom. The first-order chi connectivity index (χ1) is 8.15. The number of methoxy groups -OCH3 is 1. The molecule has 7 heteroatoms. The van der Waals surface area contributed by atoms with Crippen molar-refractivity contribution in [2.45, 2.75) is 0 Å². The van der Waals surface area contributed by atoms with Gasteiger partial charge in [0.1, 0.15) is 12.9 Å². The van der Waals surface area contributed by atoms with Gasteiger partial charge >= 0.3 is 5.97 Å². The minimum Gasteiger partial charge on any atom is -0.480 e. The van der Waals surface area contributed by atoms with E-state index in [1.807, 2.05) is 0 Å². The fourth-order valence-electron chi connectivity index (χ4n) is 1.21. The van der Waals surface area contributed by atoms with Crippen LogP contribution in [0.25, 0.3) is 0 Å². The molecule has 1 amide bonds. The van der Waals surface area contributed by atoms with Crippen LogP contribution in [0.4, 0.5) is 0 Å². The zero-order chi connectivity index (χ0) is 12.7. The Morgan fingerprint density at radius 1 is 1.41 bits per heavy atom. The summed E-state index contributed by atoms with van der Waals surface area (Å²) in [6.07, 6.45) is 3.99. The van der Waals surface area contributed by atoms with Crippen LogP contribution in [0.5, 0.6) is 0 Å². The molecule has 92 valence electrons. The molecule has 0 saturated carbocycles. The standard InChI is InChI=1S/C10H13N3O4/c1-17-3-2-13(6-9(14)15)10(16)8-4-11-7-12-5-8/h4-5,7H,2-3,6H2,1H3,(H,14,15). The molecule has 0 spiro atoms. The molecule has 1 heterocycles. The lowest BCUT2D eigenvalue weighted by Crippen LogP contribution is -2.38. The first-order valence-corrected chi connectivity index (χ1v) is 4.90. The largest absolute Gasteiger partial charge is 0.480 e. The molecule has 1 aromatic heterocycles. The third-order valence-corrected chi connectivity index (χ3v) is 1.99. The van der Waals surface area contributed by atoms with E-state index in [4.69, 9.17) is 9.84 Å². The van der Waals surface area contributed by atoms with Crippen LogP contribution in [0.3, 0.4) is 0 Å². The number of nitrogens with zero attached hydrogens (tertiary/aromatic N) is 3. The van der Waals surface area contributed by atoms with Gasteiger partial charge in [-0.25, -0.2) is 9.97 Å². The van der Waals surface area contributed by atoms with Crippen molar-refractivity contribution < 1.29 is 19.4 Å². The highest BCUT2D eigenvalue weighted by atomic mass is 16.5. The number of aromatic nitrogens is 2. The van der Waals surface area contributed by atoms with Crippen molar-refractivity contribution in [1.29, 1.82) is 0 Å². The molecule has 0 saturated heterocycles. The number of carboxylic acids is 1. The quantitative estimate of drug-likeness (QED) is 0.729. The molecule has 17 heavy (non-hydrogen) atoms. The van der Waals surface area contributed by atoms with Gasteiger partial charge in [0.15, 0.2) is 0 Å². The average molecular weight is 239 g/mol. The van der Waals surface area contributed by atoms with E-state index in [0.717, 1.165) is 0 Å². The minimum atomic E-state index is -1.08. The summed E-state index contributed by atoms with van der Waals surface area (Å²) in [6, 6.07) is 0. The third kappa shape index (κ3) is 4.15. The Balaban J connectivity index is 2.75. The maximum absolute atomic E-state index is 11.9. The molecule has 0 aliphatic heterocycles. The number of hydrogen-bond donors (Lipinski definition) is 1. The molecule has 0 fully saturated rings. The van der Waals surface area contributed by atoms with Crippen molar-refractivity contribution in [2.75, 3.05) is 26.8 Å². The number of carboxylic acid groups (broad SMARTS) is 1. The lowest BCUT2D eigenvalue weighted by atomic mass is 10.3. The van der Waals surface area contributed by atoms with Crippen LogP contribution in [0.2, 0.25) is 0 Å². The number of carbonyl (C=O) groups is 2. The van der Waals surface area contributed by atoms with Crippen molar-refractivity contribution >= 4 is 11.9 Å². The van der Waals surface area contributed by atoms with Crippen LogP contribution >= 0.6 is 0 Å². The van der Waals surface area contributed by atoms with Gasteiger partial charge in [0.25, 0.3) is 5.91 Å². The fraction of sp³-hybridized carbons (Fsp3) is 0.400. The predicted octanol–water partition coefficient (Wildman–Crippen LogP) is -0.350. The predicted molar refractivity (Wildman–Crippen MR) is 57.4 cm³/mol. The van der Waals surface area contributed by atoms with E-state index in [-0.39, 0.29) is 25.3 Å². The summed E-state index contributed by atoms with van der Waals surface area (Å²) in [6.45, 7) is 0.0975. The summed E-state index contributed by atoms with van der Waals surface area (Å²) in [5, 5.41) is 8.71. The van der Waals surface area contributed by atoms with Crippen molar-refractivity contribution in [1.82, 2.24) is 14.9 Å². The highest BCUT2D eigenvalue weighted by molar-refractivity contribution is 5.95. The van der Waals surface area contributed by atoms with Crippen LogP contribution in [-0.4, -0.2) is 58.7 Å². The lowest BCUT2D eigenvalue weighted by Gasteiger charge is -2.19. The van der Waals surface area contributed by atoms with Gasteiger partial charge in [0.05, 0.1) is 12.2 Å². The van der Waals surface area contributed by atoms with E-state index in [0.29, 0.717) is 0 Å². The topological polar surface area (TPSA) is 92.6 Å². The Morgan fingerprint density at radius 3 is 2.59 bits per heavy atom. The normalized spacial score (nSPS) is 9.94. The molecule has 1 N–H and O–H groups in total. The first kappa shape index (κ1) is 13.0. The van der Waals surface area contributed by atoms with Gasteiger partial charge in [-0.1, -0.05) is 0 Å². The second-order valence-corrected chi connectivity index (χ2v) is 3.24. The molecule has 0 unspecified atom stereocenters. The maximum atomic E-state index is 11.9. The van der Waals surface area contributed by atoms with Gasteiger partial charge < -0.3 is 14.7 Å². The minimum absolute atomic E-state index is 0.205. The Kier molecular flexibility index (Phi) is 5.02. The van der Waals surface area contributed by atoms with Gasteiger partial charge in [-0.05, 0) is 0 Å². The lowest BCUT2D eigenvalue weighted by molar-refractivity contribution is -0.137. The summed E-state index contributed by atoms with van der Waals surface area (Å²) in [5.41, 5.74) is 0.254. The summed E-state index contributed by atoms with van der Waals surface area (Å²) >= 11 is 0. The molecule has 7 nitrogen and oxygen atoms in total. The van der Waals surface area contributed by atoms with Gasteiger partial charge in [-0.3, -0.25) is 9.59 Å². The molecule has 0 aliphatic rings. The summed E-state index contributed by atoms with van der Waals surface area (Å²) in [4.78, 5) is 31.1. The van der Waals surface area contributed by atoms with Crippen LogP contribution in [0, 0.1) is 0 Å². The first-order valence-electron chi connectivity index (χ1n) is 4.90. The Bertz CT molecular complexity index is 382. The molecule has 1 rings (SSSR count). The fourth-order valence-corrected chi connectivity index (χ4v) is 1.21. The summed E-state index contributed by atoms with van der Waals surface area (Å²) in [5.74, 6) is -1.50. The molecule has 1 aromatic rings. The van der Waals surface area contributed by atoms with E-state index in [9.17, 15) is 9.59 Å². The summed E-state index contributed by atoms with van der Waals surface area (Å²) in [7, 11) is 1.48. The van der Waals surface area contributed by atoms with Gasteiger partial charge in [-0.15, -0.1) is 0 Å². The molecular weight excluding hydrogens is 226 g/mol. The van der Waals surface area contributed by atoms with Gasteiger partial charge in [0.2, 0.25) is 0 Å². The molecular formula is C10H13N3O4. The van der Waals surface area contributed by atoms with Crippen molar-refractivity contribution in [2.24, 2.45) is 0 Å². The smallest absolute Gasteiger partial charge is 0.323 e. The molecule has 0 atom stereocenters. The zero-order valence-electron chi connectivity index (χ0n) is 9.37. The number of amides is 1. The van der Waals surface area contributed by atoms with E-state index >= 15 is 0 Å². The highest BCUT2D eigenvalue weighted by Crippen LogP contribution is 2.01. The van der Waals surface area contributed by atoms with E-state index in [1.54, 1.807) is 0 Å². The molecule has 0 aromatic carbocycles. The molecule has 0 bridgehead atoms.